The molecule has 2 heterocycles. The van der Waals surface area contributed by atoms with Gasteiger partial charge in [0.1, 0.15) is 11.4 Å². The average molecular weight is 255 g/mol. The Labute approximate surface area is 105 Å². The van der Waals surface area contributed by atoms with Crippen molar-refractivity contribution in [3.05, 3.63) is 6.33 Å². The van der Waals surface area contributed by atoms with Crippen molar-refractivity contribution < 1.29 is 9.47 Å². The minimum absolute atomic E-state index is 0.345. The third-order valence-electron chi connectivity index (χ3n) is 2.64. The highest BCUT2D eigenvalue weighted by Crippen LogP contribution is 2.33. The molecule has 94 valence electrons. The van der Waals surface area contributed by atoms with Crippen LogP contribution in [0.25, 0.3) is 0 Å². The van der Waals surface area contributed by atoms with E-state index in [0.29, 0.717) is 11.9 Å². The molecule has 1 aromatic heterocycles. The van der Waals surface area contributed by atoms with E-state index in [-0.39, 0.29) is 0 Å². The van der Waals surface area contributed by atoms with Gasteiger partial charge in [0, 0.05) is 19.4 Å². The lowest BCUT2D eigenvalue weighted by molar-refractivity contribution is 0.129. The fourth-order valence-corrected chi connectivity index (χ4v) is 2.81. The maximum absolute atomic E-state index is 5.58. The summed E-state index contributed by atoms with van der Waals surface area (Å²) >= 11 is 1.66. The van der Waals surface area contributed by atoms with Gasteiger partial charge in [-0.1, -0.05) is 11.8 Å². The molecule has 17 heavy (non-hydrogen) atoms. The van der Waals surface area contributed by atoms with E-state index in [4.69, 9.17) is 9.47 Å². The molecule has 1 aliphatic heterocycles. The number of nitrogens with one attached hydrogen (secondary N) is 1. The van der Waals surface area contributed by atoms with E-state index in [1.807, 2.05) is 7.05 Å². The molecule has 1 aliphatic rings. The lowest BCUT2D eigenvalue weighted by Gasteiger charge is -2.12. The Bertz CT molecular complexity index is 370. The summed E-state index contributed by atoms with van der Waals surface area (Å²) in [4.78, 5) is 8.37. The van der Waals surface area contributed by atoms with Gasteiger partial charge in [0.05, 0.1) is 13.2 Å². The van der Waals surface area contributed by atoms with Crippen LogP contribution in [-0.4, -0.2) is 42.6 Å². The molecule has 1 fully saturated rings. The summed E-state index contributed by atoms with van der Waals surface area (Å²) in [5, 5.41) is 3.86. The summed E-state index contributed by atoms with van der Waals surface area (Å²) in [5.74, 6) is 2.34. The van der Waals surface area contributed by atoms with E-state index in [0.717, 1.165) is 36.0 Å². The molecule has 1 N–H and O–H groups in total. The lowest BCUT2D eigenvalue weighted by Crippen LogP contribution is -2.08. The van der Waals surface area contributed by atoms with Crippen LogP contribution in [0.4, 0.5) is 5.82 Å². The first-order chi connectivity index (χ1) is 8.35. The molecule has 0 spiro atoms. The molecular weight excluding hydrogens is 238 g/mol. The van der Waals surface area contributed by atoms with Crippen LogP contribution in [0.1, 0.15) is 12.8 Å². The number of ether oxygens (including phenoxy) is 2. The number of hydrogen-bond acceptors (Lipinski definition) is 6. The lowest BCUT2D eigenvalue weighted by atomic mass is 10.3. The number of aromatic nitrogens is 2. The number of nitrogens with zero attached hydrogens (tertiary/aromatic N) is 2. The second-order valence-corrected chi connectivity index (χ2v) is 4.77. The van der Waals surface area contributed by atoms with Gasteiger partial charge in [-0.15, -0.1) is 0 Å². The van der Waals surface area contributed by atoms with Gasteiger partial charge < -0.3 is 14.8 Å². The third kappa shape index (κ3) is 3.01. The van der Waals surface area contributed by atoms with Crippen molar-refractivity contribution in [1.82, 2.24) is 9.97 Å². The number of hydrogen-bond donors (Lipinski definition) is 1. The highest BCUT2D eigenvalue weighted by molar-refractivity contribution is 7.99. The van der Waals surface area contributed by atoms with Gasteiger partial charge in [0.15, 0.2) is 11.6 Å². The first-order valence-electron chi connectivity index (χ1n) is 5.66. The summed E-state index contributed by atoms with van der Waals surface area (Å²) in [6.07, 6.45) is 4.19. The van der Waals surface area contributed by atoms with Crippen LogP contribution >= 0.6 is 11.8 Å². The molecule has 5 nitrogen and oxygen atoms in total. The van der Waals surface area contributed by atoms with Crippen molar-refractivity contribution >= 4 is 17.6 Å². The molecule has 6 heteroatoms. The normalized spacial score (nSPS) is 19.3. The van der Waals surface area contributed by atoms with Crippen LogP contribution in [0.3, 0.4) is 0 Å². The van der Waals surface area contributed by atoms with Crippen molar-refractivity contribution in [1.29, 1.82) is 0 Å². The Morgan fingerprint density at radius 2 is 2.47 bits per heavy atom. The largest absolute Gasteiger partial charge is 0.490 e. The molecule has 1 unspecified atom stereocenters. The Morgan fingerprint density at radius 3 is 3.12 bits per heavy atom. The fraction of sp³-hybridized carbons (Fsp3) is 0.636. The first-order valence-corrected chi connectivity index (χ1v) is 6.65. The van der Waals surface area contributed by atoms with E-state index in [9.17, 15) is 0 Å². The Hall–Kier alpha value is -1.01. The number of thioether (sulfide) groups is 1. The van der Waals surface area contributed by atoms with Crippen LogP contribution in [0.15, 0.2) is 11.4 Å². The first kappa shape index (κ1) is 12.4. The zero-order valence-corrected chi connectivity index (χ0v) is 10.9. The zero-order chi connectivity index (χ0) is 12.1. The van der Waals surface area contributed by atoms with E-state index < -0.39 is 0 Å². The second-order valence-electron chi connectivity index (χ2n) is 3.76. The van der Waals surface area contributed by atoms with E-state index >= 15 is 0 Å². The Morgan fingerprint density at radius 1 is 1.59 bits per heavy atom. The van der Waals surface area contributed by atoms with Crippen LogP contribution < -0.4 is 10.1 Å². The van der Waals surface area contributed by atoms with Crippen LogP contribution in [0.5, 0.6) is 5.75 Å². The highest BCUT2D eigenvalue weighted by Gasteiger charge is 2.18. The van der Waals surface area contributed by atoms with Crippen molar-refractivity contribution in [3.63, 3.8) is 0 Å². The van der Waals surface area contributed by atoms with Gasteiger partial charge in [-0.05, 0) is 12.8 Å². The molecule has 0 radical (unpaired) electrons. The minimum Gasteiger partial charge on any atom is -0.490 e. The van der Waals surface area contributed by atoms with Gasteiger partial charge in [0.25, 0.3) is 0 Å². The number of methoxy groups -OCH3 is 1. The van der Waals surface area contributed by atoms with Gasteiger partial charge in [0.2, 0.25) is 0 Å². The van der Waals surface area contributed by atoms with Gasteiger partial charge in [-0.25, -0.2) is 9.97 Å². The van der Waals surface area contributed by atoms with Crippen LogP contribution in [0.2, 0.25) is 0 Å². The van der Waals surface area contributed by atoms with E-state index in [1.54, 1.807) is 25.2 Å². The van der Waals surface area contributed by atoms with Gasteiger partial charge >= 0.3 is 0 Å². The molecule has 2 rings (SSSR count). The van der Waals surface area contributed by atoms with Crippen LogP contribution in [-0.2, 0) is 4.74 Å². The summed E-state index contributed by atoms with van der Waals surface area (Å²) in [7, 11) is 3.45. The minimum atomic E-state index is 0.345. The maximum Gasteiger partial charge on any atom is 0.193 e. The molecular formula is C11H17N3O2S. The quantitative estimate of drug-likeness (QED) is 0.639. The Kier molecular flexibility index (Phi) is 4.44. The summed E-state index contributed by atoms with van der Waals surface area (Å²) < 4.78 is 10.9. The van der Waals surface area contributed by atoms with Gasteiger partial charge in [-0.2, -0.15) is 0 Å². The molecule has 0 aromatic carbocycles. The highest BCUT2D eigenvalue weighted by atomic mass is 32.2. The molecule has 1 saturated heterocycles. The maximum atomic E-state index is 5.58. The summed E-state index contributed by atoms with van der Waals surface area (Å²) in [6.45, 7) is 0.883. The second kappa shape index (κ2) is 6.07. The van der Waals surface area contributed by atoms with Gasteiger partial charge in [-0.3, -0.25) is 0 Å². The Balaban J connectivity index is 2.03. The number of anilines is 1. The SMILES string of the molecule is CNc1ncnc(SCC2CCCO2)c1OC. The van der Waals surface area contributed by atoms with Crippen molar-refractivity contribution in [3.8, 4) is 5.75 Å². The molecule has 0 amide bonds. The molecule has 0 aliphatic carbocycles. The van der Waals surface area contributed by atoms with Crippen molar-refractivity contribution in [2.24, 2.45) is 0 Å². The number of rotatable bonds is 5. The fourth-order valence-electron chi connectivity index (χ4n) is 1.77. The molecule has 0 bridgehead atoms. The third-order valence-corrected chi connectivity index (χ3v) is 3.74. The predicted octanol–water partition coefficient (Wildman–Crippen LogP) is 1.80. The van der Waals surface area contributed by atoms with E-state index in [2.05, 4.69) is 15.3 Å². The van der Waals surface area contributed by atoms with E-state index in [1.165, 1.54) is 0 Å². The zero-order valence-electron chi connectivity index (χ0n) is 10.1. The summed E-state index contributed by atoms with van der Waals surface area (Å²) in [5.41, 5.74) is 0. The van der Waals surface area contributed by atoms with Crippen molar-refractivity contribution in [2.45, 2.75) is 24.0 Å². The molecule has 1 aromatic rings. The molecule has 1 atom stereocenters. The van der Waals surface area contributed by atoms with Crippen molar-refractivity contribution in [2.75, 3.05) is 31.8 Å². The average Bonchev–Trinajstić information content (AvgIpc) is 2.88. The van der Waals surface area contributed by atoms with Crippen LogP contribution in [0, 0.1) is 0 Å². The standard InChI is InChI=1S/C11H17N3O2S/c1-12-10-9(15-2)11(14-7-13-10)17-6-8-4-3-5-16-8/h7-8H,3-6H2,1-2H3,(H,12,13,14). The monoisotopic (exact) mass is 255 g/mol. The smallest absolute Gasteiger partial charge is 0.193 e. The topological polar surface area (TPSA) is 56.3 Å². The summed E-state index contributed by atoms with van der Waals surface area (Å²) in [6, 6.07) is 0. The molecule has 0 saturated carbocycles. The predicted molar refractivity (Wildman–Crippen MR) is 67.8 cm³/mol.